The Morgan fingerprint density at radius 1 is 1.18 bits per heavy atom. The third-order valence-electron chi connectivity index (χ3n) is 5.31. The average molecular weight is 461 g/mol. The second-order valence-corrected chi connectivity index (χ2v) is 8.53. The lowest BCUT2D eigenvalue weighted by atomic mass is 10.1. The van der Waals surface area contributed by atoms with Gasteiger partial charge in [-0.3, -0.25) is 9.59 Å². The molecule has 33 heavy (non-hydrogen) atoms. The summed E-state index contributed by atoms with van der Waals surface area (Å²) >= 11 is 1.28. The van der Waals surface area contributed by atoms with Gasteiger partial charge >= 0.3 is 0 Å². The molecule has 2 amide bonds. The topological polar surface area (TPSA) is 97.6 Å². The highest BCUT2D eigenvalue weighted by atomic mass is 32.1. The second-order valence-electron chi connectivity index (χ2n) is 7.55. The zero-order valence-electron chi connectivity index (χ0n) is 18.2. The Balaban J connectivity index is 1.54. The van der Waals surface area contributed by atoms with Gasteiger partial charge in [0, 0.05) is 24.7 Å². The summed E-state index contributed by atoms with van der Waals surface area (Å²) in [5, 5.41) is 3.57. The van der Waals surface area contributed by atoms with Crippen LogP contribution in [0.3, 0.4) is 0 Å². The molecule has 7 nitrogen and oxygen atoms in total. The van der Waals surface area contributed by atoms with Gasteiger partial charge in [0.1, 0.15) is 16.4 Å². The first-order chi connectivity index (χ1) is 16.0. The van der Waals surface area contributed by atoms with Crippen molar-refractivity contribution in [3.8, 4) is 34.6 Å². The normalized spacial score (nSPS) is 14.9. The van der Waals surface area contributed by atoms with Crippen molar-refractivity contribution in [1.29, 1.82) is 0 Å². The molecule has 168 valence electrons. The van der Waals surface area contributed by atoms with Crippen LogP contribution in [0.2, 0.25) is 0 Å². The summed E-state index contributed by atoms with van der Waals surface area (Å²) in [6.45, 7) is 2.90. The first-order valence-corrected chi connectivity index (χ1v) is 11.5. The first kappa shape index (κ1) is 22.4. The Hall–Kier alpha value is -3.83. The molecule has 1 aliphatic heterocycles. The van der Waals surface area contributed by atoms with Crippen LogP contribution in [0.15, 0.2) is 54.6 Å². The third-order valence-corrected chi connectivity index (χ3v) is 6.41. The van der Waals surface area contributed by atoms with Crippen molar-refractivity contribution >= 4 is 28.3 Å². The maximum Gasteiger partial charge on any atom is 0.295 e. The number of amides is 2. The molecule has 1 atom stereocenters. The number of rotatable bonds is 7. The van der Waals surface area contributed by atoms with Crippen LogP contribution < -0.4 is 20.7 Å². The van der Waals surface area contributed by atoms with Gasteiger partial charge in [-0.05, 0) is 62.1 Å². The molecule has 2 aromatic carbocycles. The van der Waals surface area contributed by atoms with Crippen molar-refractivity contribution in [2.24, 2.45) is 5.73 Å². The number of carbonyl (C=O) groups excluding carboxylic acids is 2. The fourth-order valence-electron chi connectivity index (χ4n) is 3.77. The van der Waals surface area contributed by atoms with Crippen LogP contribution in [0.1, 0.15) is 29.4 Å². The number of anilines is 1. The number of hydrogen-bond donors (Lipinski definition) is 2. The van der Waals surface area contributed by atoms with Crippen LogP contribution in [0.5, 0.6) is 11.5 Å². The molecule has 0 saturated carbocycles. The number of hydrogen-bond acceptors (Lipinski definition) is 6. The fraction of sp³-hybridized carbons (Fsp3) is 0.240. The summed E-state index contributed by atoms with van der Waals surface area (Å²) < 4.78 is 5.85. The van der Waals surface area contributed by atoms with E-state index >= 15 is 0 Å². The van der Waals surface area contributed by atoms with E-state index in [1.54, 1.807) is 6.92 Å². The smallest absolute Gasteiger partial charge is 0.295 e. The van der Waals surface area contributed by atoms with E-state index in [2.05, 4.69) is 22.1 Å². The van der Waals surface area contributed by atoms with Crippen LogP contribution in [0, 0.1) is 11.8 Å². The summed E-state index contributed by atoms with van der Waals surface area (Å²) in [6, 6.07) is 17.0. The number of nitrogens with two attached hydrogens (primary N) is 1. The standard InChI is InChI=1S/C25H24N4O3S/c1-2-7-21(30)27-16-18-8-6-15-29(18)25-28-22(23(33-25)24(26)31)17-11-13-20(14-12-17)32-19-9-4-3-5-10-19/h3-5,9-14,18H,6,8,15-16H2,1H3,(H2,26,31)(H,27,30)/t18-/m1/s1. The monoisotopic (exact) mass is 460 g/mol. The van der Waals surface area contributed by atoms with Crippen LogP contribution in [-0.2, 0) is 4.79 Å². The molecule has 0 bridgehead atoms. The Morgan fingerprint density at radius 3 is 2.61 bits per heavy atom. The molecule has 8 heteroatoms. The van der Waals surface area contributed by atoms with Crippen LogP contribution >= 0.6 is 11.3 Å². The van der Waals surface area contributed by atoms with Crippen molar-refractivity contribution in [1.82, 2.24) is 10.3 Å². The van der Waals surface area contributed by atoms with Crippen LogP contribution in [-0.4, -0.2) is 35.9 Å². The largest absolute Gasteiger partial charge is 0.457 e. The maximum absolute atomic E-state index is 12.2. The highest BCUT2D eigenvalue weighted by Gasteiger charge is 2.29. The SMILES string of the molecule is CC#CC(=O)NC[C@H]1CCCN1c1nc(-c2ccc(Oc3ccccc3)cc2)c(C(N)=O)s1. The number of primary amides is 1. The maximum atomic E-state index is 12.2. The summed E-state index contributed by atoms with van der Waals surface area (Å²) in [5.41, 5.74) is 7.02. The second kappa shape index (κ2) is 10.2. The number of aromatic nitrogens is 1. The van der Waals surface area contributed by atoms with E-state index in [0.717, 1.165) is 35.8 Å². The van der Waals surface area contributed by atoms with Gasteiger partial charge in [-0.2, -0.15) is 0 Å². The Labute approximate surface area is 196 Å². The van der Waals surface area contributed by atoms with Crippen molar-refractivity contribution in [3.05, 3.63) is 59.5 Å². The Kier molecular flexibility index (Phi) is 6.91. The Morgan fingerprint density at radius 2 is 1.91 bits per heavy atom. The minimum atomic E-state index is -0.513. The first-order valence-electron chi connectivity index (χ1n) is 10.7. The zero-order valence-corrected chi connectivity index (χ0v) is 19.0. The number of nitrogens with one attached hydrogen (secondary N) is 1. The number of benzene rings is 2. The van der Waals surface area contributed by atoms with Crippen LogP contribution in [0.25, 0.3) is 11.3 Å². The molecular weight excluding hydrogens is 436 g/mol. The summed E-state index contributed by atoms with van der Waals surface area (Å²) in [7, 11) is 0. The molecule has 0 unspecified atom stereocenters. The quantitative estimate of drug-likeness (QED) is 0.523. The number of carbonyl (C=O) groups is 2. The van der Waals surface area contributed by atoms with Crippen molar-refractivity contribution < 1.29 is 14.3 Å². The van der Waals surface area contributed by atoms with E-state index in [1.165, 1.54) is 11.3 Å². The van der Waals surface area contributed by atoms with Crippen LogP contribution in [0.4, 0.5) is 5.13 Å². The van der Waals surface area contributed by atoms with Gasteiger partial charge < -0.3 is 20.7 Å². The predicted molar refractivity (Wildman–Crippen MR) is 129 cm³/mol. The van der Waals surface area contributed by atoms with Gasteiger partial charge in [0.25, 0.3) is 11.8 Å². The minimum Gasteiger partial charge on any atom is -0.457 e. The summed E-state index contributed by atoms with van der Waals surface area (Å²) in [6.07, 6.45) is 1.90. The molecule has 0 aliphatic carbocycles. The average Bonchev–Trinajstić information content (AvgIpc) is 3.46. The van der Waals surface area contributed by atoms with E-state index in [0.29, 0.717) is 22.9 Å². The van der Waals surface area contributed by atoms with Gasteiger partial charge in [-0.25, -0.2) is 4.98 Å². The third kappa shape index (κ3) is 5.33. The fourth-order valence-corrected chi connectivity index (χ4v) is 4.81. The highest BCUT2D eigenvalue weighted by molar-refractivity contribution is 7.18. The number of ether oxygens (including phenoxy) is 1. The lowest BCUT2D eigenvalue weighted by Gasteiger charge is -2.23. The van der Waals surface area contributed by atoms with E-state index in [9.17, 15) is 9.59 Å². The van der Waals surface area contributed by atoms with Gasteiger partial charge in [0.05, 0.1) is 5.69 Å². The van der Waals surface area contributed by atoms with Gasteiger partial charge in [0.15, 0.2) is 5.13 Å². The van der Waals surface area contributed by atoms with Crippen molar-refractivity contribution in [2.45, 2.75) is 25.8 Å². The highest BCUT2D eigenvalue weighted by Crippen LogP contribution is 2.36. The van der Waals surface area contributed by atoms with E-state index in [-0.39, 0.29) is 11.9 Å². The molecule has 1 aliphatic rings. The molecular formula is C25H24N4O3S. The van der Waals surface area contributed by atoms with Crippen molar-refractivity contribution in [3.63, 3.8) is 0 Å². The van der Waals surface area contributed by atoms with Crippen molar-refractivity contribution in [2.75, 3.05) is 18.0 Å². The molecule has 1 fully saturated rings. The zero-order chi connectivity index (χ0) is 23.2. The number of thiazole rings is 1. The molecule has 0 radical (unpaired) electrons. The van der Waals surface area contributed by atoms with E-state index in [1.807, 2.05) is 54.6 Å². The van der Waals surface area contributed by atoms with Gasteiger partial charge in [0.2, 0.25) is 0 Å². The molecule has 1 saturated heterocycles. The minimum absolute atomic E-state index is 0.0916. The predicted octanol–water partition coefficient (Wildman–Crippen LogP) is 3.81. The molecule has 3 aromatic rings. The molecule has 2 heterocycles. The lowest BCUT2D eigenvalue weighted by molar-refractivity contribution is -0.115. The lowest BCUT2D eigenvalue weighted by Crippen LogP contribution is -2.39. The number of nitrogens with zero attached hydrogens (tertiary/aromatic N) is 2. The molecule has 0 spiro atoms. The van der Waals surface area contributed by atoms with E-state index in [4.69, 9.17) is 15.5 Å². The summed E-state index contributed by atoms with van der Waals surface area (Å²) in [5.74, 6) is 5.72. The Bertz CT molecular complexity index is 1200. The molecule has 3 N–H and O–H groups in total. The van der Waals surface area contributed by atoms with E-state index < -0.39 is 5.91 Å². The summed E-state index contributed by atoms with van der Waals surface area (Å²) in [4.78, 5) is 31.2. The molecule has 4 rings (SSSR count). The number of para-hydroxylation sites is 1. The van der Waals surface area contributed by atoms with Gasteiger partial charge in [-0.1, -0.05) is 35.5 Å². The molecule has 1 aromatic heterocycles. The van der Waals surface area contributed by atoms with Gasteiger partial charge in [-0.15, -0.1) is 0 Å².